The Balaban J connectivity index is 0.0000292. The molecule has 9 heteroatoms. The van der Waals surface area contributed by atoms with Gasteiger partial charge in [-0.1, -0.05) is 200 Å². The monoisotopic (exact) mass is 898 g/mol. The Kier molecular flexibility index (Phi) is 38.2. The summed E-state index contributed by atoms with van der Waals surface area (Å²) in [7, 11) is 6.26. The van der Waals surface area contributed by atoms with E-state index < -0.39 is 30.7 Å². The Morgan fingerprint density at radius 1 is 0.509 bits per heavy atom. The van der Waals surface area contributed by atoms with Crippen LogP contribution in [0.3, 0.4) is 0 Å². The maximum Gasteiger partial charge on any atom is 0.305 e. The Hall–Kier alpha value is -0.0400. The van der Waals surface area contributed by atoms with Crippen molar-refractivity contribution in [3.63, 3.8) is 0 Å². The van der Waals surface area contributed by atoms with Crippen molar-refractivity contribution in [3.8, 4) is 0 Å². The Bertz CT molecular complexity index is 829. The SMILES string of the molecule is CCCCCCCCCCCCCCCCCCCCCCCCCCCCCCCCCC(=O)OCC1OC(OCCC[N+](C)(C)C)C(O)C(O)C1O.[I-]. The average Bonchev–Trinajstić information content (AvgIpc) is 3.14. The second-order valence-electron chi connectivity index (χ2n) is 17.8. The first-order valence-electron chi connectivity index (χ1n) is 23.4. The fourth-order valence-electron chi connectivity index (χ4n) is 7.65. The molecule has 330 valence electrons. The lowest BCUT2D eigenvalue weighted by Crippen LogP contribution is -3.00. The number of aliphatic hydroxyl groups is 3. The van der Waals surface area contributed by atoms with Gasteiger partial charge in [0.15, 0.2) is 6.29 Å². The molecule has 1 saturated heterocycles. The van der Waals surface area contributed by atoms with Crippen LogP contribution in [-0.2, 0) is 19.0 Å². The number of carbonyl (C=O) groups is 1. The van der Waals surface area contributed by atoms with Crippen LogP contribution in [-0.4, -0.2) is 97.4 Å². The number of nitrogens with zero attached hydrogens (tertiary/aromatic N) is 1. The molecule has 1 aliphatic heterocycles. The number of esters is 1. The molecule has 0 aromatic heterocycles. The number of rotatable bonds is 39. The molecule has 0 spiro atoms. The van der Waals surface area contributed by atoms with E-state index in [0.717, 1.165) is 36.7 Å². The Morgan fingerprint density at radius 2 is 0.855 bits per heavy atom. The summed E-state index contributed by atoms with van der Waals surface area (Å²) < 4.78 is 17.4. The van der Waals surface area contributed by atoms with Gasteiger partial charge in [-0.15, -0.1) is 0 Å². The molecule has 1 rings (SSSR count). The van der Waals surface area contributed by atoms with Crippen molar-refractivity contribution in [2.75, 3.05) is 40.9 Å². The van der Waals surface area contributed by atoms with Gasteiger partial charge < -0.3 is 58.0 Å². The van der Waals surface area contributed by atoms with Crippen LogP contribution >= 0.6 is 0 Å². The van der Waals surface area contributed by atoms with Crippen molar-refractivity contribution in [2.45, 2.75) is 250 Å². The molecule has 5 unspecified atom stereocenters. The van der Waals surface area contributed by atoms with Gasteiger partial charge >= 0.3 is 5.97 Å². The van der Waals surface area contributed by atoms with Gasteiger partial charge in [-0.25, -0.2) is 0 Å². The molecule has 0 radical (unpaired) electrons. The molecule has 55 heavy (non-hydrogen) atoms. The van der Waals surface area contributed by atoms with Crippen LogP contribution in [0.15, 0.2) is 0 Å². The van der Waals surface area contributed by atoms with E-state index in [1.54, 1.807) is 0 Å². The number of quaternary nitrogens is 1. The molecular formula is C46H92INO7. The molecule has 1 aliphatic rings. The highest BCUT2D eigenvalue weighted by Gasteiger charge is 2.44. The fraction of sp³-hybridized carbons (Fsp3) is 0.978. The summed E-state index contributed by atoms with van der Waals surface area (Å²) >= 11 is 0. The quantitative estimate of drug-likeness (QED) is 0.0249. The van der Waals surface area contributed by atoms with Crippen molar-refractivity contribution in [1.29, 1.82) is 0 Å². The second kappa shape index (κ2) is 38.2. The van der Waals surface area contributed by atoms with Gasteiger partial charge in [0.05, 0.1) is 34.3 Å². The Labute approximate surface area is 357 Å². The van der Waals surface area contributed by atoms with E-state index in [1.165, 1.54) is 180 Å². The van der Waals surface area contributed by atoms with Crippen molar-refractivity contribution in [2.24, 2.45) is 0 Å². The van der Waals surface area contributed by atoms with Gasteiger partial charge in [-0.05, 0) is 6.42 Å². The molecule has 1 heterocycles. The number of hydrogen-bond donors (Lipinski definition) is 3. The number of ether oxygens (including phenoxy) is 3. The molecule has 0 amide bonds. The highest BCUT2D eigenvalue weighted by molar-refractivity contribution is 5.69. The van der Waals surface area contributed by atoms with Crippen molar-refractivity contribution < 1.29 is 62.8 Å². The number of aliphatic hydroxyl groups excluding tert-OH is 3. The molecule has 0 saturated carbocycles. The first kappa shape index (κ1) is 55.0. The van der Waals surface area contributed by atoms with Crippen LogP contribution < -0.4 is 24.0 Å². The van der Waals surface area contributed by atoms with E-state index in [0.29, 0.717) is 13.0 Å². The first-order chi connectivity index (χ1) is 26.2. The highest BCUT2D eigenvalue weighted by Crippen LogP contribution is 2.23. The number of halogens is 1. The zero-order chi connectivity index (χ0) is 39.5. The maximum absolute atomic E-state index is 12.3. The zero-order valence-corrected chi connectivity index (χ0v) is 38.8. The van der Waals surface area contributed by atoms with E-state index in [9.17, 15) is 20.1 Å². The van der Waals surface area contributed by atoms with Gasteiger partial charge in [0.25, 0.3) is 0 Å². The molecule has 1 fully saturated rings. The lowest BCUT2D eigenvalue weighted by molar-refractivity contribution is -0.870. The lowest BCUT2D eigenvalue weighted by Gasteiger charge is -2.40. The molecule has 0 bridgehead atoms. The molecule has 3 N–H and O–H groups in total. The van der Waals surface area contributed by atoms with Crippen LogP contribution in [0.1, 0.15) is 219 Å². The van der Waals surface area contributed by atoms with Crippen molar-refractivity contribution >= 4 is 5.97 Å². The van der Waals surface area contributed by atoms with E-state index in [2.05, 4.69) is 28.1 Å². The van der Waals surface area contributed by atoms with E-state index in [-0.39, 0.29) is 36.6 Å². The van der Waals surface area contributed by atoms with Crippen LogP contribution in [0.5, 0.6) is 0 Å². The number of unbranched alkanes of at least 4 members (excludes halogenated alkanes) is 30. The number of hydrogen-bond acceptors (Lipinski definition) is 7. The van der Waals surface area contributed by atoms with Gasteiger partial charge in [0, 0.05) is 12.8 Å². The minimum atomic E-state index is -1.43. The summed E-state index contributed by atoms with van der Waals surface area (Å²) in [6.07, 6.45) is 37.5. The van der Waals surface area contributed by atoms with Gasteiger partial charge in [0.1, 0.15) is 31.0 Å². The second-order valence-corrected chi connectivity index (χ2v) is 17.8. The van der Waals surface area contributed by atoms with Crippen LogP contribution in [0.4, 0.5) is 0 Å². The minimum Gasteiger partial charge on any atom is -1.00 e. The third-order valence-corrected chi connectivity index (χ3v) is 11.3. The molecule has 0 aromatic carbocycles. The van der Waals surface area contributed by atoms with Gasteiger partial charge in [-0.2, -0.15) is 0 Å². The largest absolute Gasteiger partial charge is 1.00 e. The van der Waals surface area contributed by atoms with Crippen LogP contribution in [0.25, 0.3) is 0 Å². The molecule has 0 aromatic rings. The normalized spacial score (nSPS) is 20.1. The number of carbonyl (C=O) groups excluding carboxylic acids is 1. The first-order valence-corrected chi connectivity index (χ1v) is 23.4. The summed E-state index contributed by atoms with van der Waals surface area (Å²) in [5.74, 6) is -0.331. The summed E-state index contributed by atoms with van der Waals surface area (Å²) in [5.41, 5.74) is 0. The predicted molar refractivity (Wildman–Crippen MR) is 225 cm³/mol. The summed E-state index contributed by atoms with van der Waals surface area (Å²) in [4.78, 5) is 12.3. The highest BCUT2D eigenvalue weighted by atomic mass is 127. The lowest BCUT2D eigenvalue weighted by atomic mass is 9.99. The molecular weight excluding hydrogens is 805 g/mol. The molecule has 8 nitrogen and oxygen atoms in total. The van der Waals surface area contributed by atoms with Gasteiger partial charge in [-0.3, -0.25) is 4.79 Å². The van der Waals surface area contributed by atoms with Gasteiger partial charge in [0.2, 0.25) is 0 Å². The maximum atomic E-state index is 12.3. The molecule has 5 atom stereocenters. The van der Waals surface area contributed by atoms with Crippen LogP contribution in [0, 0.1) is 0 Å². The topological polar surface area (TPSA) is 105 Å². The van der Waals surface area contributed by atoms with Crippen molar-refractivity contribution in [3.05, 3.63) is 0 Å². The summed E-state index contributed by atoms with van der Waals surface area (Å²) in [6.45, 7) is 3.36. The van der Waals surface area contributed by atoms with Crippen molar-refractivity contribution in [1.82, 2.24) is 0 Å². The minimum absolute atomic E-state index is 0. The third kappa shape index (κ3) is 33.5. The summed E-state index contributed by atoms with van der Waals surface area (Å²) in [6, 6.07) is 0. The smallest absolute Gasteiger partial charge is 0.305 e. The predicted octanol–water partition coefficient (Wildman–Crippen LogP) is 7.96. The van der Waals surface area contributed by atoms with E-state index >= 15 is 0 Å². The standard InChI is InChI=1S/C46H92NO7.HI/c1-5-6-7-8-9-10-11-12-13-14-15-16-17-18-19-20-21-22-23-24-25-26-27-28-29-30-31-32-33-34-35-37-42(48)53-40-41-43(49)44(50)45(51)46(54-41)52-39-36-38-47(2,3)4;/h41,43-46,49-51H,5-40H2,1-4H3;1H/q+1;/p-1. The zero-order valence-electron chi connectivity index (χ0n) is 36.6. The third-order valence-electron chi connectivity index (χ3n) is 11.3. The van der Waals surface area contributed by atoms with E-state index in [1.807, 2.05) is 0 Å². The molecule has 0 aliphatic carbocycles. The fourth-order valence-corrected chi connectivity index (χ4v) is 7.65. The average molecular weight is 898 g/mol. The summed E-state index contributed by atoms with van der Waals surface area (Å²) in [5, 5.41) is 30.8. The van der Waals surface area contributed by atoms with E-state index in [4.69, 9.17) is 14.2 Å². The Morgan fingerprint density at radius 3 is 1.20 bits per heavy atom. The van der Waals surface area contributed by atoms with Crippen LogP contribution in [0.2, 0.25) is 0 Å².